The molecule has 6 nitrogen and oxygen atoms in total. The van der Waals surface area contributed by atoms with E-state index >= 15 is 0 Å². The summed E-state index contributed by atoms with van der Waals surface area (Å²) < 4.78 is 26.0. The van der Waals surface area contributed by atoms with Gasteiger partial charge in [0.1, 0.15) is 6.04 Å². The van der Waals surface area contributed by atoms with Crippen LogP contribution in [0.3, 0.4) is 0 Å². The molecule has 0 bridgehead atoms. The van der Waals surface area contributed by atoms with Crippen LogP contribution in [-0.2, 0) is 21.4 Å². The molecular formula is C22H31N3O3S. The van der Waals surface area contributed by atoms with E-state index in [1.165, 1.54) is 4.31 Å². The quantitative estimate of drug-likeness (QED) is 0.643. The molecule has 2 rings (SSSR count). The molecule has 2 aromatic carbocycles. The van der Waals surface area contributed by atoms with Gasteiger partial charge in [-0.1, -0.05) is 37.3 Å². The zero-order valence-corrected chi connectivity index (χ0v) is 18.4. The van der Waals surface area contributed by atoms with Gasteiger partial charge in [-0.05, 0) is 50.1 Å². The Bertz CT molecular complexity index is 879. The van der Waals surface area contributed by atoms with Crippen LogP contribution in [0.1, 0.15) is 32.8 Å². The molecule has 0 aliphatic carbocycles. The fourth-order valence-electron chi connectivity index (χ4n) is 3.36. The van der Waals surface area contributed by atoms with Gasteiger partial charge in [0.15, 0.2) is 0 Å². The molecule has 0 aliphatic heterocycles. The normalized spacial score (nSPS) is 12.3. The summed E-state index contributed by atoms with van der Waals surface area (Å²) >= 11 is 0. The Morgan fingerprint density at radius 1 is 0.931 bits per heavy atom. The average Bonchev–Trinajstić information content (AvgIpc) is 2.71. The minimum atomic E-state index is -3.61. The number of rotatable bonds is 10. The molecule has 7 heteroatoms. The zero-order chi connectivity index (χ0) is 21.4. The Labute approximate surface area is 174 Å². The van der Waals surface area contributed by atoms with E-state index in [2.05, 4.69) is 24.1 Å². The summed E-state index contributed by atoms with van der Waals surface area (Å²) in [4.78, 5) is 15.1. The van der Waals surface area contributed by atoms with E-state index in [1.54, 1.807) is 24.3 Å². The summed E-state index contributed by atoms with van der Waals surface area (Å²) in [7, 11) is -3.61. The topological polar surface area (TPSA) is 69.7 Å². The van der Waals surface area contributed by atoms with E-state index in [-0.39, 0.29) is 5.91 Å². The molecule has 0 fully saturated rings. The highest BCUT2D eigenvalue weighted by molar-refractivity contribution is 7.92. The molecule has 1 N–H and O–H groups in total. The molecule has 0 spiro atoms. The summed E-state index contributed by atoms with van der Waals surface area (Å²) in [6, 6.07) is 16.0. The Morgan fingerprint density at radius 2 is 1.52 bits per heavy atom. The second-order valence-corrected chi connectivity index (χ2v) is 8.73. The van der Waals surface area contributed by atoms with Crippen molar-refractivity contribution in [3.63, 3.8) is 0 Å². The van der Waals surface area contributed by atoms with Crippen LogP contribution < -0.4 is 14.5 Å². The lowest BCUT2D eigenvalue weighted by Gasteiger charge is -2.30. The molecule has 0 radical (unpaired) electrons. The van der Waals surface area contributed by atoms with Gasteiger partial charge in [-0.2, -0.15) is 0 Å². The second-order valence-electron chi connectivity index (χ2n) is 6.87. The van der Waals surface area contributed by atoms with Crippen molar-refractivity contribution >= 4 is 27.3 Å². The van der Waals surface area contributed by atoms with Crippen LogP contribution in [0, 0.1) is 0 Å². The van der Waals surface area contributed by atoms with Crippen LogP contribution in [-0.4, -0.2) is 39.7 Å². The van der Waals surface area contributed by atoms with Crippen molar-refractivity contribution in [3.05, 3.63) is 60.2 Å². The van der Waals surface area contributed by atoms with Crippen LogP contribution in [0.4, 0.5) is 11.4 Å². The molecule has 0 saturated carbocycles. The molecule has 0 aromatic heterocycles. The highest BCUT2D eigenvalue weighted by Crippen LogP contribution is 2.22. The number of anilines is 2. The van der Waals surface area contributed by atoms with Crippen molar-refractivity contribution in [3.8, 4) is 0 Å². The van der Waals surface area contributed by atoms with Gasteiger partial charge in [-0.15, -0.1) is 0 Å². The number of amides is 1. The standard InChI is InChI=1S/C22H31N3O3S/c1-5-21(25(29(4,27)28)20-11-9-8-10-12-20)22(26)23-17-18-13-15-19(16-14-18)24(6-2)7-3/h8-16,21H,5-7,17H2,1-4H3,(H,23,26). The molecule has 2 aromatic rings. The maximum Gasteiger partial charge on any atom is 0.244 e. The predicted molar refractivity (Wildman–Crippen MR) is 120 cm³/mol. The maximum atomic E-state index is 12.9. The molecule has 1 amide bonds. The third kappa shape index (κ3) is 5.97. The Morgan fingerprint density at radius 3 is 2.00 bits per heavy atom. The molecule has 29 heavy (non-hydrogen) atoms. The summed E-state index contributed by atoms with van der Waals surface area (Å²) in [6.07, 6.45) is 1.50. The number of hydrogen-bond acceptors (Lipinski definition) is 4. The third-order valence-corrected chi connectivity index (χ3v) is 6.05. The van der Waals surface area contributed by atoms with E-state index in [4.69, 9.17) is 0 Å². The monoisotopic (exact) mass is 417 g/mol. The number of benzene rings is 2. The summed E-state index contributed by atoms with van der Waals surface area (Å²) in [5, 5.41) is 2.89. The van der Waals surface area contributed by atoms with Crippen LogP contribution in [0.5, 0.6) is 0 Å². The molecule has 1 atom stereocenters. The molecule has 1 unspecified atom stereocenters. The smallest absolute Gasteiger partial charge is 0.244 e. The lowest BCUT2D eigenvalue weighted by molar-refractivity contribution is -0.122. The van der Waals surface area contributed by atoms with Crippen molar-refractivity contribution < 1.29 is 13.2 Å². The van der Waals surface area contributed by atoms with Crippen LogP contribution >= 0.6 is 0 Å². The number of carbonyl (C=O) groups is 1. The first-order chi connectivity index (χ1) is 13.8. The number of nitrogens with zero attached hydrogens (tertiary/aromatic N) is 2. The Balaban J connectivity index is 2.13. The summed E-state index contributed by atoms with van der Waals surface area (Å²) in [6.45, 7) is 8.26. The Hall–Kier alpha value is -2.54. The first-order valence-electron chi connectivity index (χ1n) is 9.97. The maximum absolute atomic E-state index is 12.9. The largest absolute Gasteiger partial charge is 0.372 e. The van der Waals surface area contributed by atoms with Crippen molar-refractivity contribution in [1.82, 2.24) is 5.32 Å². The molecule has 0 heterocycles. The van der Waals surface area contributed by atoms with Crippen LogP contribution in [0.15, 0.2) is 54.6 Å². The third-order valence-electron chi connectivity index (χ3n) is 4.87. The summed E-state index contributed by atoms with van der Waals surface area (Å²) in [5.74, 6) is -0.311. The van der Waals surface area contributed by atoms with Gasteiger partial charge < -0.3 is 10.2 Å². The van der Waals surface area contributed by atoms with Gasteiger partial charge in [-0.25, -0.2) is 8.42 Å². The number of carbonyl (C=O) groups excluding carboxylic acids is 1. The minimum Gasteiger partial charge on any atom is -0.372 e. The minimum absolute atomic E-state index is 0.311. The average molecular weight is 418 g/mol. The van der Waals surface area contributed by atoms with E-state index in [1.807, 2.05) is 37.3 Å². The van der Waals surface area contributed by atoms with E-state index in [0.717, 1.165) is 30.6 Å². The van der Waals surface area contributed by atoms with Crippen molar-refractivity contribution in [2.75, 3.05) is 28.6 Å². The molecule has 158 valence electrons. The number of nitrogens with one attached hydrogen (secondary N) is 1. The lowest BCUT2D eigenvalue weighted by Crippen LogP contribution is -2.49. The highest BCUT2D eigenvalue weighted by Gasteiger charge is 2.31. The van der Waals surface area contributed by atoms with Gasteiger partial charge in [-0.3, -0.25) is 9.10 Å². The fraction of sp³-hybridized carbons (Fsp3) is 0.409. The first-order valence-corrected chi connectivity index (χ1v) is 11.8. The number of sulfonamides is 1. The second kappa shape index (κ2) is 10.3. The fourth-order valence-corrected chi connectivity index (χ4v) is 4.57. The van der Waals surface area contributed by atoms with Gasteiger partial charge in [0.2, 0.25) is 15.9 Å². The lowest BCUT2D eigenvalue weighted by atomic mass is 10.1. The van der Waals surface area contributed by atoms with Crippen LogP contribution in [0.2, 0.25) is 0 Å². The van der Waals surface area contributed by atoms with Gasteiger partial charge in [0.25, 0.3) is 0 Å². The predicted octanol–water partition coefficient (Wildman–Crippen LogP) is 3.39. The molecule has 0 saturated heterocycles. The van der Waals surface area contributed by atoms with Crippen molar-refractivity contribution in [2.45, 2.75) is 39.8 Å². The van der Waals surface area contributed by atoms with E-state index in [9.17, 15) is 13.2 Å². The van der Waals surface area contributed by atoms with Gasteiger partial charge >= 0.3 is 0 Å². The SMILES string of the molecule is CCC(C(=O)NCc1ccc(N(CC)CC)cc1)N(c1ccccc1)S(C)(=O)=O. The highest BCUT2D eigenvalue weighted by atomic mass is 32.2. The molecule has 0 aliphatic rings. The van der Waals surface area contributed by atoms with Crippen molar-refractivity contribution in [1.29, 1.82) is 0 Å². The number of hydrogen-bond donors (Lipinski definition) is 1. The van der Waals surface area contributed by atoms with Gasteiger partial charge in [0.05, 0.1) is 11.9 Å². The Kier molecular flexibility index (Phi) is 8.08. The van der Waals surface area contributed by atoms with Crippen LogP contribution in [0.25, 0.3) is 0 Å². The van der Waals surface area contributed by atoms with Gasteiger partial charge in [0, 0.05) is 25.3 Å². The molecular weight excluding hydrogens is 386 g/mol. The van der Waals surface area contributed by atoms with E-state index < -0.39 is 16.1 Å². The van der Waals surface area contributed by atoms with Crippen molar-refractivity contribution in [2.24, 2.45) is 0 Å². The number of para-hydroxylation sites is 1. The zero-order valence-electron chi connectivity index (χ0n) is 17.6. The van der Waals surface area contributed by atoms with E-state index in [0.29, 0.717) is 18.7 Å². The summed E-state index contributed by atoms with van der Waals surface area (Å²) in [5.41, 5.74) is 2.60. The first kappa shape index (κ1) is 22.7.